The van der Waals surface area contributed by atoms with Gasteiger partial charge in [-0.05, 0) is 48.1 Å². The quantitative estimate of drug-likeness (QED) is 0.665. The zero-order valence-electron chi connectivity index (χ0n) is 9.91. The van der Waals surface area contributed by atoms with Gasteiger partial charge in [0.1, 0.15) is 5.82 Å². The van der Waals surface area contributed by atoms with Gasteiger partial charge in [0.2, 0.25) is 0 Å². The summed E-state index contributed by atoms with van der Waals surface area (Å²) in [5.41, 5.74) is 4.78. The molecule has 0 aliphatic rings. The van der Waals surface area contributed by atoms with Gasteiger partial charge in [0, 0.05) is 9.90 Å². The molecule has 1 aromatic carbocycles. The lowest BCUT2D eigenvalue weighted by Gasteiger charge is -2.15. The van der Waals surface area contributed by atoms with Crippen molar-refractivity contribution in [2.75, 3.05) is 0 Å². The van der Waals surface area contributed by atoms with Gasteiger partial charge in [-0.2, -0.15) is 0 Å². The highest BCUT2D eigenvalue weighted by molar-refractivity contribution is 7.10. The number of hydrazine groups is 1. The first-order valence-corrected chi connectivity index (χ1v) is 6.81. The predicted octanol–water partition coefficient (Wildman–Crippen LogP) is 3.60. The fourth-order valence-corrected chi connectivity index (χ4v) is 2.83. The third kappa shape index (κ3) is 3.09. The minimum atomic E-state index is -0.326. The van der Waals surface area contributed by atoms with E-state index in [0.29, 0.717) is 11.4 Å². The zero-order chi connectivity index (χ0) is 13.1. The molecule has 5 heteroatoms. The molecule has 0 aliphatic heterocycles. The molecule has 1 unspecified atom stereocenters. The number of rotatable bonds is 4. The first kappa shape index (κ1) is 13.5. The molecule has 2 aromatic rings. The van der Waals surface area contributed by atoms with Crippen molar-refractivity contribution in [3.05, 3.63) is 56.5 Å². The molecular weight excluding hydrogens is 271 g/mol. The number of aryl methyl sites for hydroxylation is 1. The maximum absolute atomic E-state index is 13.0. The van der Waals surface area contributed by atoms with Crippen molar-refractivity contribution in [3.8, 4) is 0 Å². The van der Waals surface area contributed by atoms with Crippen molar-refractivity contribution < 1.29 is 4.39 Å². The van der Waals surface area contributed by atoms with Gasteiger partial charge in [0.15, 0.2) is 0 Å². The number of thiophene rings is 1. The summed E-state index contributed by atoms with van der Waals surface area (Å²) < 4.78 is 13.0. The molecule has 0 bridgehead atoms. The summed E-state index contributed by atoms with van der Waals surface area (Å²) >= 11 is 7.69. The standard InChI is InChI=1S/C13H14ClFN2S/c1-8-4-10(7-18-8)13(17-16)5-9-2-3-11(15)6-12(9)14/h2-4,6-7,13,17H,5,16H2,1H3. The molecule has 2 nitrogen and oxygen atoms in total. The zero-order valence-corrected chi connectivity index (χ0v) is 11.5. The number of hydrogen-bond acceptors (Lipinski definition) is 3. The summed E-state index contributed by atoms with van der Waals surface area (Å²) in [6.07, 6.45) is 0.631. The van der Waals surface area contributed by atoms with E-state index in [9.17, 15) is 4.39 Å². The van der Waals surface area contributed by atoms with E-state index in [1.54, 1.807) is 17.4 Å². The second kappa shape index (κ2) is 5.80. The van der Waals surface area contributed by atoms with Crippen LogP contribution >= 0.6 is 22.9 Å². The summed E-state index contributed by atoms with van der Waals surface area (Å²) in [5.74, 6) is 5.25. The Bertz CT molecular complexity index is 542. The molecule has 0 amide bonds. The van der Waals surface area contributed by atoms with E-state index in [-0.39, 0.29) is 11.9 Å². The Hall–Kier alpha value is -0.940. The first-order valence-electron chi connectivity index (χ1n) is 5.55. The Morgan fingerprint density at radius 3 is 2.78 bits per heavy atom. The normalized spacial score (nSPS) is 12.7. The van der Waals surface area contributed by atoms with Gasteiger partial charge < -0.3 is 0 Å². The van der Waals surface area contributed by atoms with Gasteiger partial charge in [0.25, 0.3) is 0 Å². The smallest absolute Gasteiger partial charge is 0.124 e. The average Bonchev–Trinajstić information content (AvgIpc) is 2.75. The summed E-state index contributed by atoms with van der Waals surface area (Å²) in [6, 6.07) is 6.50. The van der Waals surface area contributed by atoms with Gasteiger partial charge in [-0.3, -0.25) is 11.3 Å². The average molecular weight is 285 g/mol. The molecule has 0 radical (unpaired) electrons. The molecule has 1 heterocycles. The molecule has 0 spiro atoms. The van der Waals surface area contributed by atoms with E-state index in [4.69, 9.17) is 17.4 Å². The van der Waals surface area contributed by atoms with Crippen LogP contribution < -0.4 is 11.3 Å². The monoisotopic (exact) mass is 284 g/mol. The third-order valence-corrected chi connectivity index (χ3v) is 4.03. The second-order valence-electron chi connectivity index (χ2n) is 4.15. The van der Waals surface area contributed by atoms with E-state index in [1.165, 1.54) is 17.0 Å². The Kier molecular flexibility index (Phi) is 4.35. The topological polar surface area (TPSA) is 38.0 Å². The van der Waals surface area contributed by atoms with Gasteiger partial charge in [0.05, 0.1) is 6.04 Å². The molecule has 0 saturated heterocycles. The van der Waals surface area contributed by atoms with Crippen LogP contribution in [-0.2, 0) is 6.42 Å². The molecule has 0 aliphatic carbocycles. The molecule has 96 valence electrons. The van der Waals surface area contributed by atoms with Gasteiger partial charge in [-0.15, -0.1) is 11.3 Å². The maximum atomic E-state index is 13.0. The molecule has 18 heavy (non-hydrogen) atoms. The highest BCUT2D eigenvalue weighted by Gasteiger charge is 2.14. The Morgan fingerprint density at radius 2 is 2.22 bits per heavy atom. The van der Waals surface area contributed by atoms with E-state index < -0.39 is 0 Å². The van der Waals surface area contributed by atoms with Crippen molar-refractivity contribution in [1.29, 1.82) is 0 Å². The van der Waals surface area contributed by atoms with Crippen LogP contribution in [-0.4, -0.2) is 0 Å². The Balaban J connectivity index is 2.20. The molecule has 1 aromatic heterocycles. The van der Waals surface area contributed by atoms with Crippen LogP contribution in [0.4, 0.5) is 4.39 Å². The first-order chi connectivity index (χ1) is 8.60. The molecule has 0 saturated carbocycles. The predicted molar refractivity (Wildman–Crippen MR) is 74.2 cm³/mol. The number of hydrogen-bond donors (Lipinski definition) is 2. The third-order valence-electron chi connectivity index (χ3n) is 2.79. The van der Waals surface area contributed by atoms with Crippen LogP contribution in [0.5, 0.6) is 0 Å². The second-order valence-corrected chi connectivity index (χ2v) is 5.67. The molecule has 1 atom stereocenters. The lowest BCUT2D eigenvalue weighted by Crippen LogP contribution is -2.29. The van der Waals surface area contributed by atoms with Crippen molar-refractivity contribution in [3.63, 3.8) is 0 Å². The molecule has 3 N–H and O–H groups in total. The maximum Gasteiger partial charge on any atom is 0.124 e. The number of nitrogens with one attached hydrogen (secondary N) is 1. The van der Waals surface area contributed by atoms with Crippen LogP contribution in [0.15, 0.2) is 29.6 Å². The lowest BCUT2D eigenvalue weighted by atomic mass is 10.0. The Morgan fingerprint density at radius 1 is 1.44 bits per heavy atom. The van der Waals surface area contributed by atoms with Crippen LogP contribution in [0.1, 0.15) is 22.0 Å². The van der Waals surface area contributed by atoms with Gasteiger partial charge in [-0.1, -0.05) is 17.7 Å². The fourth-order valence-electron chi connectivity index (χ4n) is 1.83. The van der Waals surface area contributed by atoms with Crippen molar-refractivity contribution in [1.82, 2.24) is 5.43 Å². The number of benzene rings is 1. The van der Waals surface area contributed by atoms with E-state index >= 15 is 0 Å². The van der Waals surface area contributed by atoms with Crippen LogP contribution in [0.3, 0.4) is 0 Å². The SMILES string of the molecule is Cc1cc(C(Cc2ccc(F)cc2Cl)NN)cs1. The van der Waals surface area contributed by atoms with Crippen LogP contribution in [0, 0.1) is 12.7 Å². The van der Waals surface area contributed by atoms with Crippen molar-refractivity contribution >= 4 is 22.9 Å². The molecule has 0 fully saturated rings. The Labute approximate surface area is 115 Å². The summed E-state index contributed by atoms with van der Waals surface area (Å²) in [4.78, 5) is 1.23. The minimum absolute atomic E-state index is 0.0158. The minimum Gasteiger partial charge on any atom is -0.271 e. The van der Waals surface area contributed by atoms with Gasteiger partial charge >= 0.3 is 0 Å². The van der Waals surface area contributed by atoms with Crippen molar-refractivity contribution in [2.24, 2.45) is 5.84 Å². The molecule has 2 rings (SSSR count). The van der Waals surface area contributed by atoms with E-state index in [0.717, 1.165) is 11.1 Å². The fraction of sp³-hybridized carbons (Fsp3) is 0.231. The van der Waals surface area contributed by atoms with Crippen LogP contribution in [0.2, 0.25) is 5.02 Å². The van der Waals surface area contributed by atoms with Gasteiger partial charge in [-0.25, -0.2) is 4.39 Å². The van der Waals surface area contributed by atoms with Crippen LogP contribution in [0.25, 0.3) is 0 Å². The van der Waals surface area contributed by atoms with E-state index in [1.807, 2.05) is 6.92 Å². The van der Waals surface area contributed by atoms with E-state index in [2.05, 4.69) is 16.9 Å². The lowest BCUT2D eigenvalue weighted by molar-refractivity contribution is 0.552. The highest BCUT2D eigenvalue weighted by atomic mass is 35.5. The summed E-state index contributed by atoms with van der Waals surface area (Å²) in [7, 11) is 0. The number of nitrogens with two attached hydrogens (primary N) is 1. The largest absolute Gasteiger partial charge is 0.271 e. The van der Waals surface area contributed by atoms with Crippen molar-refractivity contribution in [2.45, 2.75) is 19.4 Å². The highest BCUT2D eigenvalue weighted by Crippen LogP contribution is 2.26. The number of halogens is 2. The molecular formula is C13H14ClFN2S. The summed E-state index contributed by atoms with van der Waals surface area (Å²) in [6.45, 7) is 2.05. The summed E-state index contributed by atoms with van der Waals surface area (Å²) in [5, 5.41) is 2.50.